The lowest BCUT2D eigenvalue weighted by molar-refractivity contribution is -0.140. The molecule has 5 nitrogen and oxygen atoms in total. The maximum atomic E-state index is 12.6. The molecular weight excluding hydrogens is 326 g/mol. The summed E-state index contributed by atoms with van der Waals surface area (Å²) in [5.74, 6) is 0.867. The molecule has 0 atom stereocenters. The molecule has 0 unspecified atom stereocenters. The standard InChI is InChI=1S/C21H25N3O2/c22-21(23)24-14-15-10-12-17(13-11-15)20(25)26-19-9-5-4-8-18(19)16-6-2-1-3-7-16/h1-9,15,17H,10-14H2,(H4,22,23,24). The molecule has 4 N–H and O–H groups in total. The molecule has 0 aliphatic heterocycles. The molecule has 3 rings (SSSR count). The number of guanidine groups is 1. The van der Waals surface area contributed by atoms with Gasteiger partial charge in [0.05, 0.1) is 5.92 Å². The quantitative estimate of drug-likeness (QED) is 0.333. The van der Waals surface area contributed by atoms with E-state index < -0.39 is 0 Å². The van der Waals surface area contributed by atoms with Crippen LogP contribution in [0.5, 0.6) is 5.75 Å². The molecule has 26 heavy (non-hydrogen) atoms. The first-order chi connectivity index (χ1) is 12.6. The van der Waals surface area contributed by atoms with Crippen molar-refractivity contribution >= 4 is 11.9 Å². The largest absolute Gasteiger partial charge is 0.426 e. The highest BCUT2D eigenvalue weighted by molar-refractivity contribution is 5.79. The number of esters is 1. The molecular formula is C21H25N3O2. The monoisotopic (exact) mass is 351 g/mol. The molecule has 1 aliphatic rings. The molecule has 0 amide bonds. The Bertz CT molecular complexity index is 753. The van der Waals surface area contributed by atoms with E-state index in [0.29, 0.717) is 18.2 Å². The number of benzene rings is 2. The highest BCUT2D eigenvalue weighted by Gasteiger charge is 2.28. The summed E-state index contributed by atoms with van der Waals surface area (Å²) in [4.78, 5) is 12.6. The van der Waals surface area contributed by atoms with Crippen molar-refractivity contribution in [2.75, 3.05) is 6.54 Å². The number of nitrogens with one attached hydrogen (secondary N) is 2. The molecule has 1 aliphatic carbocycles. The molecule has 0 aromatic heterocycles. The fourth-order valence-corrected chi connectivity index (χ4v) is 3.46. The maximum absolute atomic E-state index is 12.6. The van der Waals surface area contributed by atoms with E-state index in [2.05, 4.69) is 5.32 Å². The molecule has 0 heterocycles. The minimum absolute atomic E-state index is 0.00375. The Morgan fingerprint density at radius 1 is 1.04 bits per heavy atom. The predicted octanol–water partition coefficient (Wildman–Crippen LogP) is 3.55. The van der Waals surface area contributed by atoms with Gasteiger partial charge in [0, 0.05) is 12.1 Å². The average molecular weight is 351 g/mol. The summed E-state index contributed by atoms with van der Waals surface area (Å²) in [6, 6.07) is 17.6. The van der Waals surface area contributed by atoms with E-state index in [1.54, 1.807) is 0 Å². The van der Waals surface area contributed by atoms with Gasteiger partial charge in [0.25, 0.3) is 0 Å². The van der Waals surface area contributed by atoms with Gasteiger partial charge in [0.2, 0.25) is 0 Å². The van der Waals surface area contributed by atoms with Gasteiger partial charge in [-0.05, 0) is 43.2 Å². The maximum Gasteiger partial charge on any atom is 0.314 e. The van der Waals surface area contributed by atoms with Crippen molar-refractivity contribution in [1.82, 2.24) is 5.32 Å². The first-order valence-electron chi connectivity index (χ1n) is 9.07. The van der Waals surface area contributed by atoms with Gasteiger partial charge in [-0.3, -0.25) is 10.2 Å². The zero-order valence-electron chi connectivity index (χ0n) is 14.8. The van der Waals surface area contributed by atoms with E-state index >= 15 is 0 Å². The van der Waals surface area contributed by atoms with Crippen LogP contribution in [-0.4, -0.2) is 18.5 Å². The number of hydrogen-bond donors (Lipinski definition) is 3. The number of rotatable bonds is 5. The predicted molar refractivity (Wildman–Crippen MR) is 103 cm³/mol. The highest BCUT2D eigenvalue weighted by Crippen LogP contribution is 2.33. The third-order valence-electron chi connectivity index (χ3n) is 4.94. The number of carbonyl (C=O) groups is 1. The molecule has 0 radical (unpaired) electrons. The van der Waals surface area contributed by atoms with Crippen molar-refractivity contribution < 1.29 is 9.53 Å². The summed E-state index contributed by atoms with van der Waals surface area (Å²) < 4.78 is 5.76. The van der Waals surface area contributed by atoms with E-state index in [1.807, 2.05) is 54.6 Å². The Balaban J connectivity index is 1.60. The molecule has 1 saturated carbocycles. The molecule has 0 saturated heterocycles. The summed E-state index contributed by atoms with van der Waals surface area (Å²) in [5.41, 5.74) is 7.30. The fraction of sp³-hybridized carbons (Fsp3) is 0.333. The lowest BCUT2D eigenvalue weighted by Gasteiger charge is -2.27. The van der Waals surface area contributed by atoms with E-state index in [4.69, 9.17) is 15.9 Å². The van der Waals surface area contributed by atoms with Gasteiger partial charge in [-0.1, -0.05) is 48.5 Å². The zero-order chi connectivity index (χ0) is 18.4. The molecule has 1 fully saturated rings. The van der Waals surface area contributed by atoms with E-state index in [-0.39, 0.29) is 17.8 Å². The van der Waals surface area contributed by atoms with Gasteiger partial charge in [-0.25, -0.2) is 0 Å². The number of nitrogens with two attached hydrogens (primary N) is 1. The number of para-hydroxylation sites is 1. The Kier molecular flexibility index (Phi) is 5.89. The van der Waals surface area contributed by atoms with Crippen LogP contribution in [0.1, 0.15) is 25.7 Å². The lowest BCUT2D eigenvalue weighted by atomic mass is 9.82. The number of carbonyl (C=O) groups excluding carboxylic acids is 1. The average Bonchev–Trinajstić information content (AvgIpc) is 2.68. The molecule has 0 spiro atoms. The van der Waals surface area contributed by atoms with E-state index in [9.17, 15) is 4.79 Å². The first-order valence-corrected chi connectivity index (χ1v) is 9.07. The first kappa shape index (κ1) is 18.0. The van der Waals surface area contributed by atoms with Crippen LogP contribution in [0.3, 0.4) is 0 Å². The second-order valence-corrected chi connectivity index (χ2v) is 6.80. The Morgan fingerprint density at radius 3 is 2.38 bits per heavy atom. The lowest BCUT2D eigenvalue weighted by Crippen LogP contribution is -2.36. The van der Waals surface area contributed by atoms with Crippen LogP contribution in [-0.2, 0) is 4.79 Å². The van der Waals surface area contributed by atoms with Crippen molar-refractivity contribution in [2.24, 2.45) is 17.6 Å². The Labute approximate surface area is 154 Å². The molecule has 5 heteroatoms. The third kappa shape index (κ3) is 4.63. The Morgan fingerprint density at radius 2 is 1.69 bits per heavy atom. The van der Waals surface area contributed by atoms with Crippen LogP contribution in [0.2, 0.25) is 0 Å². The summed E-state index contributed by atoms with van der Waals surface area (Å²) in [6.45, 7) is 0.702. The second kappa shape index (κ2) is 8.52. The minimum atomic E-state index is -0.147. The number of hydrogen-bond acceptors (Lipinski definition) is 3. The summed E-state index contributed by atoms with van der Waals surface area (Å²) in [6.07, 6.45) is 3.52. The van der Waals surface area contributed by atoms with Crippen LogP contribution in [0.25, 0.3) is 11.1 Å². The molecule has 136 valence electrons. The van der Waals surface area contributed by atoms with Crippen molar-refractivity contribution in [3.05, 3.63) is 54.6 Å². The minimum Gasteiger partial charge on any atom is -0.426 e. The summed E-state index contributed by atoms with van der Waals surface area (Å²) in [5, 5.41) is 10.1. The van der Waals surface area contributed by atoms with Crippen molar-refractivity contribution in [1.29, 1.82) is 5.41 Å². The smallest absolute Gasteiger partial charge is 0.314 e. The van der Waals surface area contributed by atoms with Gasteiger partial charge < -0.3 is 15.8 Å². The van der Waals surface area contributed by atoms with E-state index in [0.717, 1.165) is 36.8 Å². The topological polar surface area (TPSA) is 88.2 Å². The summed E-state index contributed by atoms with van der Waals surface area (Å²) in [7, 11) is 0. The van der Waals surface area contributed by atoms with Crippen LogP contribution >= 0.6 is 0 Å². The molecule has 0 bridgehead atoms. The van der Waals surface area contributed by atoms with Crippen LogP contribution in [0.4, 0.5) is 0 Å². The Hall–Kier alpha value is -2.82. The van der Waals surface area contributed by atoms with Gasteiger partial charge in [-0.15, -0.1) is 0 Å². The van der Waals surface area contributed by atoms with Crippen LogP contribution in [0.15, 0.2) is 54.6 Å². The molecule has 2 aromatic rings. The highest BCUT2D eigenvalue weighted by atomic mass is 16.5. The van der Waals surface area contributed by atoms with Crippen molar-refractivity contribution in [2.45, 2.75) is 25.7 Å². The summed E-state index contributed by atoms with van der Waals surface area (Å²) >= 11 is 0. The normalized spacial score (nSPS) is 19.5. The fourth-order valence-electron chi connectivity index (χ4n) is 3.46. The van der Waals surface area contributed by atoms with Crippen LogP contribution < -0.4 is 15.8 Å². The van der Waals surface area contributed by atoms with Gasteiger partial charge in [0.15, 0.2) is 5.96 Å². The third-order valence-corrected chi connectivity index (χ3v) is 4.94. The zero-order valence-corrected chi connectivity index (χ0v) is 14.8. The number of ether oxygens (including phenoxy) is 1. The molecule has 2 aromatic carbocycles. The second-order valence-electron chi connectivity index (χ2n) is 6.80. The van der Waals surface area contributed by atoms with Gasteiger partial charge in [-0.2, -0.15) is 0 Å². The van der Waals surface area contributed by atoms with Crippen molar-refractivity contribution in [3.63, 3.8) is 0 Å². The SMILES string of the molecule is N=C(N)NCC1CCC(C(=O)Oc2ccccc2-c2ccccc2)CC1. The van der Waals surface area contributed by atoms with Crippen molar-refractivity contribution in [3.8, 4) is 16.9 Å². The van der Waals surface area contributed by atoms with E-state index in [1.165, 1.54) is 0 Å². The van der Waals surface area contributed by atoms with Gasteiger partial charge in [0.1, 0.15) is 5.75 Å². The van der Waals surface area contributed by atoms with Crippen LogP contribution in [0, 0.1) is 17.2 Å². The van der Waals surface area contributed by atoms with Gasteiger partial charge >= 0.3 is 5.97 Å².